The summed E-state index contributed by atoms with van der Waals surface area (Å²) < 4.78 is 39.5. The average molecular weight is 617 g/mol. The number of amides is 3. The number of benzene rings is 2. The molecule has 2 aliphatic heterocycles. The minimum Gasteiger partial charge on any atom is -0.475 e. The van der Waals surface area contributed by atoms with Crippen LogP contribution in [-0.2, 0) is 38.7 Å². The Balaban J connectivity index is 0.000000460. The van der Waals surface area contributed by atoms with E-state index in [-0.39, 0.29) is 5.91 Å². The fourth-order valence-corrected chi connectivity index (χ4v) is 5.59. The summed E-state index contributed by atoms with van der Waals surface area (Å²) in [6, 6.07) is 17.1. The number of carboxylic acid groups (broad SMARTS) is 1. The van der Waals surface area contributed by atoms with Crippen molar-refractivity contribution in [3.63, 3.8) is 0 Å². The number of halogens is 3. The molecular formula is C32H23F3N4O6. The minimum atomic E-state index is -5.08. The van der Waals surface area contributed by atoms with Crippen LogP contribution in [0.4, 0.5) is 13.2 Å². The van der Waals surface area contributed by atoms with Crippen molar-refractivity contribution in [1.29, 1.82) is 0 Å². The summed E-state index contributed by atoms with van der Waals surface area (Å²) in [5.41, 5.74) is 5.49. The minimum absolute atomic E-state index is 0.0526. The number of nitrogens with zero attached hydrogens (tertiary/aromatic N) is 3. The van der Waals surface area contributed by atoms with Crippen LogP contribution in [-0.4, -0.2) is 56.0 Å². The van der Waals surface area contributed by atoms with Crippen LogP contribution < -0.4 is 5.32 Å². The highest BCUT2D eigenvalue weighted by Crippen LogP contribution is 2.40. The molecule has 3 aromatic heterocycles. The molecule has 0 saturated heterocycles. The van der Waals surface area contributed by atoms with Crippen LogP contribution in [0.2, 0.25) is 0 Å². The van der Waals surface area contributed by atoms with E-state index in [2.05, 4.69) is 14.9 Å². The highest BCUT2D eigenvalue weighted by molar-refractivity contribution is 6.50. The number of furan rings is 1. The molecule has 2 N–H and O–H groups in total. The Hall–Kier alpha value is -5.72. The molecule has 5 aromatic rings. The lowest BCUT2D eigenvalue weighted by Crippen LogP contribution is -2.33. The summed E-state index contributed by atoms with van der Waals surface area (Å²) in [5, 5.41) is 11.3. The Morgan fingerprint density at radius 1 is 0.911 bits per heavy atom. The molecule has 0 atom stereocenters. The fourth-order valence-electron chi connectivity index (χ4n) is 5.59. The molecule has 0 spiro atoms. The van der Waals surface area contributed by atoms with Crippen molar-refractivity contribution in [1.82, 2.24) is 19.8 Å². The number of para-hydroxylation sites is 2. The first-order chi connectivity index (χ1) is 21.5. The van der Waals surface area contributed by atoms with Gasteiger partial charge >= 0.3 is 12.1 Å². The SMILES string of the molecule is O=C(O)C(F)(F)F.O=C1NC(=O)C(c2cn3c4c(cccc24)CN(C(=O)Cc2ccncc2)CC3)=C1c1coc2ccccc12. The molecule has 5 heterocycles. The summed E-state index contributed by atoms with van der Waals surface area (Å²) in [6.07, 6.45) is 2.09. The topological polar surface area (TPSA) is 135 Å². The van der Waals surface area contributed by atoms with Gasteiger partial charge in [-0.25, -0.2) is 4.79 Å². The fraction of sp³-hybridized carbons (Fsp3) is 0.156. The van der Waals surface area contributed by atoms with E-state index in [0.29, 0.717) is 53.9 Å². The quantitative estimate of drug-likeness (QED) is 0.283. The molecule has 2 aromatic carbocycles. The van der Waals surface area contributed by atoms with Gasteiger partial charge in [-0.1, -0.05) is 36.4 Å². The number of imide groups is 1. The van der Waals surface area contributed by atoms with Gasteiger partial charge in [-0.05, 0) is 29.3 Å². The molecule has 45 heavy (non-hydrogen) atoms. The lowest BCUT2D eigenvalue weighted by molar-refractivity contribution is -0.192. The van der Waals surface area contributed by atoms with Gasteiger partial charge in [0.05, 0.1) is 29.3 Å². The van der Waals surface area contributed by atoms with Crippen LogP contribution in [0.1, 0.15) is 22.3 Å². The molecule has 7 rings (SSSR count). The van der Waals surface area contributed by atoms with E-state index in [9.17, 15) is 27.6 Å². The molecule has 0 unspecified atom stereocenters. The standard InChI is InChI=1S/C30H22N4O4.C2HF3O2/c35-25(14-18-8-10-31-11-9-18)33-12-13-34-16-22(21-6-3-4-19(15-33)28(21)34)26-27(30(37)32-29(26)36)23-17-38-24-7-2-1-5-20(23)24;3-2(4,5)1(6)7/h1-11,16-17H,12-15H2,(H,32,36,37);(H,6,7). The molecule has 0 bridgehead atoms. The van der Waals surface area contributed by atoms with E-state index < -0.39 is 24.0 Å². The van der Waals surface area contributed by atoms with Crippen LogP contribution >= 0.6 is 0 Å². The van der Waals surface area contributed by atoms with E-state index >= 15 is 0 Å². The monoisotopic (exact) mass is 616 g/mol. The second kappa shape index (κ2) is 11.4. The third-order valence-electron chi connectivity index (χ3n) is 7.60. The van der Waals surface area contributed by atoms with Crippen LogP contribution in [0.25, 0.3) is 33.0 Å². The number of nitrogens with one attached hydrogen (secondary N) is 1. The number of rotatable bonds is 4. The zero-order valence-corrected chi connectivity index (χ0v) is 23.3. The summed E-state index contributed by atoms with van der Waals surface area (Å²) in [4.78, 5) is 54.1. The van der Waals surface area contributed by atoms with Gasteiger partial charge in [0, 0.05) is 60.1 Å². The highest BCUT2D eigenvalue weighted by atomic mass is 19.4. The summed E-state index contributed by atoms with van der Waals surface area (Å²) >= 11 is 0. The van der Waals surface area contributed by atoms with Gasteiger partial charge in [-0.2, -0.15) is 13.2 Å². The molecule has 10 nitrogen and oxygen atoms in total. The maximum absolute atomic E-state index is 13.2. The average Bonchev–Trinajstić information content (AvgIpc) is 3.63. The normalized spacial score (nSPS) is 14.8. The van der Waals surface area contributed by atoms with Gasteiger partial charge in [0.25, 0.3) is 11.8 Å². The molecule has 3 amide bonds. The number of carbonyl (C=O) groups is 4. The number of pyridine rings is 1. The van der Waals surface area contributed by atoms with Crippen LogP contribution in [0.5, 0.6) is 0 Å². The number of carbonyl (C=O) groups excluding carboxylic acids is 3. The smallest absolute Gasteiger partial charge is 0.475 e. The Morgan fingerprint density at radius 2 is 1.58 bits per heavy atom. The highest BCUT2D eigenvalue weighted by Gasteiger charge is 2.38. The molecule has 0 fully saturated rings. The van der Waals surface area contributed by atoms with E-state index in [1.807, 2.05) is 65.7 Å². The lowest BCUT2D eigenvalue weighted by atomic mass is 9.95. The zero-order chi connectivity index (χ0) is 31.9. The predicted molar refractivity (Wildman–Crippen MR) is 155 cm³/mol. The molecule has 13 heteroatoms. The molecular weight excluding hydrogens is 593 g/mol. The molecule has 2 aliphatic rings. The number of carboxylic acids is 1. The van der Waals surface area contributed by atoms with Crippen LogP contribution in [0.3, 0.4) is 0 Å². The number of fused-ring (bicyclic) bond motifs is 1. The Kier molecular flexibility index (Phi) is 7.44. The first-order valence-corrected chi connectivity index (χ1v) is 13.7. The first kappa shape index (κ1) is 29.4. The third kappa shape index (κ3) is 5.55. The largest absolute Gasteiger partial charge is 0.490 e. The lowest BCUT2D eigenvalue weighted by Gasteiger charge is -2.21. The Bertz CT molecular complexity index is 2030. The van der Waals surface area contributed by atoms with Crippen molar-refractivity contribution < 1.29 is 41.9 Å². The van der Waals surface area contributed by atoms with Gasteiger partial charge in [-0.3, -0.25) is 24.7 Å². The zero-order valence-electron chi connectivity index (χ0n) is 23.3. The molecule has 0 aliphatic carbocycles. The van der Waals surface area contributed by atoms with Crippen LogP contribution in [0, 0.1) is 0 Å². The van der Waals surface area contributed by atoms with Gasteiger partial charge in [0.1, 0.15) is 5.58 Å². The van der Waals surface area contributed by atoms with Gasteiger partial charge in [0.2, 0.25) is 5.91 Å². The number of aromatic nitrogens is 2. The number of aliphatic carboxylic acids is 1. The predicted octanol–water partition coefficient (Wildman–Crippen LogP) is 4.57. The van der Waals surface area contributed by atoms with E-state index in [1.54, 1.807) is 12.4 Å². The summed E-state index contributed by atoms with van der Waals surface area (Å²) in [6.45, 7) is 1.57. The van der Waals surface area contributed by atoms with E-state index in [4.69, 9.17) is 14.3 Å². The van der Waals surface area contributed by atoms with Crippen molar-refractivity contribution in [2.75, 3.05) is 6.54 Å². The van der Waals surface area contributed by atoms with Crippen LogP contribution in [0.15, 0.2) is 83.9 Å². The van der Waals surface area contributed by atoms with Crippen molar-refractivity contribution in [3.8, 4) is 0 Å². The van der Waals surface area contributed by atoms with Gasteiger partial charge < -0.3 is 19.0 Å². The number of hydrogen-bond donors (Lipinski definition) is 2. The van der Waals surface area contributed by atoms with Crippen molar-refractivity contribution >= 4 is 56.7 Å². The van der Waals surface area contributed by atoms with E-state index in [1.165, 1.54) is 6.26 Å². The molecule has 228 valence electrons. The molecule has 0 radical (unpaired) electrons. The van der Waals surface area contributed by atoms with E-state index in [0.717, 1.165) is 27.4 Å². The Morgan fingerprint density at radius 3 is 2.29 bits per heavy atom. The number of hydrogen-bond acceptors (Lipinski definition) is 6. The first-order valence-electron chi connectivity index (χ1n) is 13.7. The second-order valence-corrected chi connectivity index (χ2v) is 10.4. The van der Waals surface area contributed by atoms with Crippen molar-refractivity contribution in [2.45, 2.75) is 25.7 Å². The van der Waals surface area contributed by atoms with Gasteiger partial charge in [-0.15, -0.1) is 0 Å². The maximum Gasteiger partial charge on any atom is 0.490 e. The third-order valence-corrected chi connectivity index (χ3v) is 7.60. The number of alkyl halides is 3. The van der Waals surface area contributed by atoms with Crippen molar-refractivity contribution in [3.05, 3.63) is 102 Å². The maximum atomic E-state index is 13.2. The molecule has 0 saturated carbocycles. The van der Waals surface area contributed by atoms with Gasteiger partial charge in [0.15, 0.2) is 0 Å². The second-order valence-electron chi connectivity index (χ2n) is 10.4. The summed E-state index contributed by atoms with van der Waals surface area (Å²) in [7, 11) is 0. The summed E-state index contributed by atoms with van der Waals surface area (Å²) in [5.74, 6) is -3.57. The van der Waals surface area contributed by atoms with Crippen molar-refractivity contribution in [2.24, 2.45) is 0 Å². The Labute approximate surface area is 252 Å².